The molecule has 17 heavy (non-hydrogen) atoms. The van der Waals surface area contributed by atoms with Crippen molar-refractivity contribution in [2.75, 3.05) is 11.1 Å². The molecule has 0 radical (unpaired) electrons. The largest absolute Gasteiger partial charge is 0.397 e. The van der Waals surface area contributed by atoms with Crippen molar-refractivity contribution in [2.45, 2.75) is 13.8 Å². The molecule has 2 aromatic carbocycles. The number of anilines is 3. The molecule has 0 aromatic heterocycles. The Morgan fingerprint density at radius 2 is 1.82 bits per heavy atom. The van der Waals surface area contributed by atoms with Crippen molar-refractivity contribution in [2.24, 2.45) is 0 Å². The van der Waals surface area contributed by atoms with E-state index in [4.69, 9.17) is 17.3 Å². The van der Waals surface area contributed by atoms with E-state index >= 15 is 0 Å². The Kier molecular flexibility index (Phi) is 3.25. The first-order valence-corrected chi connectivity index (χ1v) is 5.84. The van der Waals surface area contributed by atoms with Crippen LogP contribution in [-0.2, 0) is 0 Å². The van der Waals surface area contributed by atoms with Gasteiger partial charge in [-0.25, -0.2) is 0 Å². The standard InChI is InChI=1S/C14H15ClN2/c1-9-6-7-14(12(16)8-9)17-13-5-3-4-11(15)10(13)2/h3-8,17H,16H2,1-2H3. The molecule has 0 fully saturated rings. The van der Waals surface area contributed by atoms with Gasteiger partial charge in [-0.15, -0.1) is 0 Å². The first-order chi connectivity index (χ1) is 8.08. The summed E-state index contributed by atoms with van der Waals surface area (Å²) in [6, 6.07) is 11.7. The summed E-state index contributed by atoms with van der Waals surface area (Å²) in [6.07, 6.45) is 0. The van der Waals surface area contributed by atoms with E-state index in [1.807, 2.05) is 50.2 Å². The predicted molar refractivity (Wildman–Crippen MR) is 75.1 cm³/mol. The lowest BCUT2D eigenvalue weighted by atomic mass is 10.1. The molecule has 0 aliphatic carbocycles. The van der Waals surface area contributed by atoms with Crippen LogP contribution < -0.4 is 11.1 Å². The third kappa shape index (κ3) is 2.53. The minimum atomic E-state index is 0.740. The number of rotatable bonds is 2. The number of aryl methyl sites for hydroxylation is 1. The van der Waals surface area contributed by atoms with E-state index in [0.717, 1.165) is 33.2 Å². The van der Waals surface area contributed by atoms with Gasteiger partial charge in [-0.2, -0.15) is 0 Å². The van der Waals surface area contributed by atoms with Crippen molar-refractivity contribution in [3.05, 3.63) is 52.5 Å². The summed E-state index contributed by atoms with van der Waals surface area (Å²) in [4.78, 5) is 0. The van der Waals surface area contributed by atoms with Crippen LogP contribution in [0.15, 0.2) is 36.4 Å². The molecule has 3 N–H and O–H groups in total. The van der Waals surface area contributed by atoms with Crippen LogP contribution >= 0.6 is 11.6 Å². The number of halogens is 1. The van der Waals surface area contributed by atoms with E-state index in [1.54, 1.807) is 0 Å². The Morgan fingerprint density at radius 3 is 2.53 bits per heavy atom. The van der Waals surface area contributed by atoms with Crippen molar-refractivity contribution < 1.29 is 0 Å². The molecule has 2 rings (SSSR count). The normalized spacial score (nSPS) is 10.3. The van der Waals surface area contributed by atoms with Gasteiger partial charge in [0.2, 0.25) is 0 Å². The summed E-state index contributed by atoms with van der Waals surface area (Å²) in [6.45, 7) is 4.00. The molecule has 0 unspecified atom stereocenters. The third-order valence-corrected chi connectivity index (χ3v) is 3.15. The van der Waals surface area contributed by atoms with E-state index in [2.05, 4.69) is 5.32 Å². The Morgan fingerprint density at radius 1 is 1.06 bits per heavy atom. The molecule has 0 saturated heterocycles. The number of benzene rings is 2. The molecule has 0 saturated carbocycles. The summed E-state index contributed by atoms with van der Waals surface area (Å²) in [5, 5.41) is 4.05. The fourth-order valence-corrected chi connectivity index (χ4v) is 1.86. The van der Waals surface area contributed by atoms with Crippen LogP contribution in [0, 0.1) is 13.8 Å². The average molecular weight is 247 g/mol. The van der Waals surface area contributed by atoms with Gasteiger partial charge in [0.05, 0.1) is 11.4 Å². The van der Waals surface area contributed by atoms with E-state index < -0.39 is 0 Å². The lowest BCUT2D eigenvalue weighted by Crippen LogP contribution is -1.98. The van der Waals surface area contributed by atoms with Crippen molar-refractivity contribution in [3.8, 4) is 0 Å². The van der Waals surface area contributed by atoms with Gasteiger partial charge in [-0.1, -0.05) is 23.7 Å². The zero-order valence-corrected chi connectivity index (χ0v) is 10.7. The second-order valence-corrected chi connectivity index (χ2v) is 4.54. The fraction of sp³-hybridized carbons (Fsp3) is 0.143. The monoisotopic (exact) mass is 246 g/mol. The number of nitrogens with two attached hydrogens (primary N) is 1. The van der Waals surface area contributed by atoms with E-state index in [9.17, 15) is 0 Å². The van der Waals surface area contributed by atoms with E-state index in [-0.39, 0.29) is 0 Å². The molecule has 0 bridgehead atoms. The zero-order chi connectivity index (χ0) is 12.4. The van der Waals surface area contributed by atoms with Crippen LogP contribution in [0.4, 0.5) is 17.1 Å². The van der Waals surface area contributed by atoms with Crippen LogP contribution in [0.5, 0.6) is 0 Å². The first-order valence-electron chi connectivity index (χ1n) is 5.46. The molecule has 0 aliphatic heterocycles. The van der Waals surface area contributed by atoms with Gasteiger partial charge < -0.3 is 11.1 Å². The summed E-state index contributed by atoms with van der Waals surface area (Å²) in [5.74, 6) is 0. The van der Waals surface area contributed by atoms with Gasteiger partial charge in [0.1, 0.15) is 0 Å². The number of nitrogen functional groups attached to an aromatic ring is 1. The molecule has 0 amide bonds. The maximum atomic E-state index is 6.07. The molecule has 0 atom stereocenters. The molecule has 2 aromatic rings. The number of hydrogen-bond acceptors (Lipinski definition) is 2. The van der Waals surface area contributed by atoms with Crippen molar-refractivity contribution >= 4 is 28.7 Å². The molecule has 3 heteroatoms. The lowest BCUT2D eigenvalue weighted by Gasteiger charge is -2.13. The highest BCUT2D eigenvalue weighted by Gasteiger charge is 2.04. The summed E-state index contributed by atoms with van der Waals surface area (Å²) in [7, 11) is 0. The summed E-state index contributed by atoms with van der Waals surface area (Å²) >= 11 is 6.07. The predicted octanol–water partition coefficient (Wildman–Crippen LogP) is 4.28. The van der Waals surface area contributed by atoms with Gasteiger partial charge >= 0.3 is 0 Å². The maximum Gasteiger partial charge on any atom is 0.0618 e. The smallest absolute Gasteiger partial charge is 0.0618 e. The third-order valence-electron chi connectivity index (χ3n) is 2.74. The lowest BCUT2D eigenvalue weighted by molar-refractivity contribution is 1.41. The number of nitrogens with one attached hydrogen (secondary N) is 1. The van der Waals surface area contributed by atoms with Crippen LogP contribution in [0.25, 0.3) is 0 Å². The summed E-state index contributed by atoms with van der Waals surface area (Å²) in [5.41, 5.74) is 10.8. The second-order valence-electron chi connectivity index (χ2n) is 4.13. The Hall–Kier alpha value is -1.67. The van der Waals surface area contributed by atoms with Crippen LogP contribution in [0.3, 0.4) is 0 Å². The van der Waals surface area contributed by atoms with Gasteiger partial charge in [-0.3, -0.25) is 0 Å². The van der Waals surface area contributed by atoms with Gasteiger partial charge in [0.25, 0.3) is 0 Å². The molecule has 2 nitrogen and oxygen atoms in total. The highest BCUT2D eigenvalue weighted by Crippen LogP contribution is 2.29. The second kappa shape index (κ2) is 4.68. The fourth-order valence-electron chi connectivity index (χ4n) is 1.68. The van der Waals surface area contributed by atoms with Crippen molar-refractivity contribution in [3.63, 3.8) is 0 Å². The van der Waals surface area contributed by atoms with Gasteiger partial charge in [-0.05, 0) is 49.2 Å². The maximum absolute atomic E-state index is 6.07. The van der Waals surface area contributed by atoms with Crippen molar-refractivity contribution in [1.29, 1.82) is 0 Å². The van der Waals surface area contributed by atoms with Gasteiger partial charge in [0.15, 0.2) is 0 Å². The van der Waals surface area contributed by atoms with E-state index in [1.165, 1.54) is 0 Å². The van der Waals surface area contributed by atoms with Crippen molar-refractivity contribution in [1.82, 2.24) is 0 Å². The molecular formula is C14H15ClN2. The Labute approximate surface area is 106 Å². The molecule has 0 heterocycles. The first kappa shape index (κ1) is 11.8. The molecular weight excluding hydrogens is 232 g/mol. The SMILES string of the molecule is Cc1ccc(Nc2cccc(Cl)c2C)c(N)c1. The Balaban J connectivity index is 2.35. The molecule has 0 spiro atoms. The van der Waals surface area contributed by atoms with Crippen LogP contribution in [0.2, 0.25) is 5.02 Å². The zero-order valence-electron chi connectivity index (χ0n) is 9.92. The Bertz CT molecular complexity index is 550. The minimum Gasteiger partial charge on any atom is -0.397 e. The molecule has 0 aliphatic rings. The number of hydrogen-bond donors (Lipinski definition) is 2. The quantitative estimate of drug-likeness (QED) is 0.776. The highest BCUT2D eigenvalue weighted by atomic mass is 35.5. The topological polar surface area (TPSA) is 38.0 Å². The van der Waals surface area contributed by atoms with Crippen LogP contribution in [-0.4, -0.2) is 0 Å². The summed E-state index contributed by atoms with van der Waals surface area (Å²) < 4.78 is 0. The average Bonchev–Trinajstić information content (AvgIpc) is 2.28. The molecule has 88 valence electrons. The van der Waals surface area contributed by atoms with Gasteiger partial charge in [0, 0.05) is 10.7 Å². The van der Waals surface area contributed by atoms with Crippen LogP contribution in [0.1, 0.15) is 11.1 Å². The highest BCUT2D eigenvalue weighted by molar-refractivity contribution is 6.31. The minimum absolute atomic E-state index is 0.740. The van der Waals surface area contributed by atoms with E-state index in [0.29, 0.717) is 0 Å².